The van der Waals surface area contributed by atoms with Gasteiger partial charge in [-0.25, -0.2) is 4.99 Å². The van der Waals surface area contributed by atoms with Gasteiger partial charge in [-0.3, -0.25) is 0 Å². The monoisotopic (exact) mass is 461 g/mol. The topological polar surface area (TPSA) is 36.9 Å². The molecule has 1 aromatic carbocycles. The molecule has 1 unspecified atom stereocenters. The number of ether oxygens (including phenoxy) is 1. The van der Waals surface area contributed by atoms with Crippen LogP contribution >= 0.6 is 11.8 Å². The highest BCUT2D eigenvalue weighted by Gasteiger charge is 2.36. The van der Waals surface area contributed by atoms with Crippen LogP contribution in [0.4, 0.5) is 33.3 Å². The van der Waals surface area contributed by atoms with Gasteiger partial charge in [-0.2, -0.15) is 22.0 Å². The lowest BCUT2D eigenvalue weighted by atomic mass is 10.00. The minimum absolute atomic E-state index is 0.175. The quantitative estimate of drug-likeness (QED) is 0.426. The molecular weight excluding hydrogens is 437 g/mol. The number of nitrogens with one attached hydrogen (secondary N) is 1. The van der Waals surface area contributed by atoms with Gasteiger partial charge in [-0.1, -0.05) is 24.8 Å². The van der Waals surface area contributed by atoms with Gasteiger partial charge >= 0.3 is 6.18 Å². The van der Waals surface area contributed by atoms with Crippen LogP contribution in [0.15, 0.2) is 51.6 Å². The van der Waals surface area contributed by atoms with Crippen molar-refractivity contribution in [3.8, 4) is 0 Å². The number of aliphatic imine (C=N–C) groups is 1. The van der Waals surface area contributed by atoms with Crippen LogP contribution in [0.1, 0.15) is 20.3 Å². The number of halogens is 5. The van der Waals surface area contributed by atoms with E-state index >= 15 is 0 Å². The summed E-state index contributed by atoms with van der Waals surface area (Å²) in [7, 11) is 0. The molecule has 1 saturated heterocycles. The molecule has 0 bridgehead atoms. The average Bonchev–Trinajstić information content (AvgIpc) is 2.69. The van der Waals surface area contributed by atoms with Crippen molar-refractivity contribution in [3.05, 3.63) is 41.7 Å². The van der Waals surface area contributed by atoms with Crippen molar-refractivity contribution in [2.75, 3.05) is 36.5 Å². The number of hydrogen-bond acceptors (Lipinski definition) is 5. The molecule has 0 spiro atoms. The van der Waals surface area contributed by atoms with E-state index in [4.69, 9.17) is 4.74 Å². The number of hydrogen-bond donors (Lipinski definition) is 1. The van der Waals surface area contributed by atoms with Crippen LogP contribution in [-0.2, 0) is 4.74 Å². The van der Waals surface area contributed by atoms with Gasteiger partial charge in [0, 0.05) is 23.7 Å². The van der Waals surface area contributed by atoms with E-state index < -0.39 is 17.5 Å². The molecule has 170 valence electrons. The summed E-state index contributed by atoms with van der Waals surface area (Å²) in [5, 5.41) is 2.96. The molecule has 0 aromatic heterocycles. The van der Waals surface area contributed by atoms with Crippen LogP contribution in [0, 0.1) is 5.92 Å². The Bertz CT molecular complexity index is 876. The second kappa shape index (κ2) is 10.0. The Morgan fingerprint density at radius 1 is 1.23 bits per heavy atom. The van der Waals surface area contributed by atoms with Gasteiger partial charge in [0.05, 0.1) is 30.2 Å². The van der Waals surface area contributed by atoms with Crippen LogP contribution in [-0.4, -0.2) is 43.9 Å². The maximum absolute atomic E-state index is 13.4. The average molecular weight is 462 g/mol. The van der Waals surface area contributed by atoms with E-state index in [0.717, 1.165) is 5.69 Å². The largest absolute Gasteiger partial charge is 0.417 e. The Labute approximate surface area is 182 Å². The summed E-state index contributed by atoms with van der Waals surface area (Å²) >= 11 is 0.386. The summed E-state index contributed by atoms with van der Waals surface area (Å²) in [6.45, 7) is 5.42. The summed E-state index contributed by atoms with van der Waals surface area (Å²) in [5.41, 5.74) is 0.207. The van der Waals surface area contributed by atoms with Crippen LogP contribution in [0.2, 0.25) is 0 Å². The van der Waals surface area contributed by atoms with Crippen molar-refractivity contribution >= 4 is 28.8 Å². The van der Waals surface area contributed by atoms with E-state index in [2.05, 4.69) is 10.3 Å². The number of alkyl halides is 5. The maximum Gasteiger partial charge on any atom is 0.417 e. The van der Waals surface area contributed by atoms with Gasteiger partial charge in [0.25, 0.3) is 5.76 Å². The first-order valence-electron chi connectivity index (χ1n) is 9.87. The van der Waals surface area contributed by atoms with Gasteiger partial charge in [-0.15, -0.1) is 0 Å². The van der Waals surface area contributed by atoms with Crippen molar-refractivity contribution < 1.29 is 26.7 Å². The molecule has 10 heteroatoms. The fourth-order valence-corrected chi connectivity index (χ4v) is 4.03. The zero-order chi connectivity index (χ0) is 22.6. The Balaban J connectivity index is 1.90. The second-order valence-electron chi connectivity index (χ2n) is 7.36. The molecular formula is C21H24F5N3OS. The Kier molecular flexibility index (Phi) is 7.64. The van der Waals surface area contributed by atoms with Gasteiger partial charge in [0.1, 0.15) is 5.82 Å². The van der Waals surface area contributed by atoms with Crippen LogP contribution < -0.4 is 10.2 Å². The second-order valence-corrected chi connectivity index (χ2v) is 8.39. The fraction of sp³-hybridized carbons (Fsp3) is 0.476. The Morgan fingerprint density at radius 3 is 2.58 bits per heavy atom. The van der Waals surface area contributed by atoms with Gasteiger partial charge in [0.2, 0.25) is 0 Å². The molecule has 0 saturated carbocycles. The predicted octanol–water partition coefficient (Wildman–Crippen LogP) is 6.08. The van der Waals surface area contributed by atoms with Crippen molar-refractivity contribution in [3.63, 3.8) is 0 Å². The lowest BCUT2D eigenvalue weighted by Crippen LogP contribution is -2.36. The standard InChI is InChI=1S/C21H24F5N3OS/c1-13-3-6-19(27-14(2)16(11-13)21(24,25)26)28-17-5-4-15(12-18(17)31-20(22)23)29-7-9-30-10-8-29/h4-6,11-13,20,28H,3,7-10H2,1-2H3/b16-11+,19-6-,27-14-. The zero-order valence-electron chi connectivity index (χ0n) is 17.2. The normalized spacial score (nSPS) is 25.6. The number of rotatable bonds is 5. The first-order chi connectivity index (χ1) is 14.6. The SMILES string of the molecule is CC1=N/C(Nc2ccc(N3CCOCC3)cc2SC(F)F)=C/CC(C)/C=C\1C(F)(F)F. The van der Waals surface area contributed by atoms with E-state index in [1.807, 2.05) is 4.90 Å². The molecule has 2 aliphatic heterocycles. The van der Waals surface area contributed by atoms with Gasteiger partial charge < -0.3 is 15.0 Å². The smallest absolute Gasteiger partial charge is 0.378 e. The molecule has 2 aliphatic rings. The summed E-state index contributed by atoms with van der Waals surface area (Å²) in [6, 6.07) is 5.12. The Morgan fingerprint density at radius 2 is 1.94 bits per heavy atom. The molecule has 1 atom stereocenters. The molecule has 3 rings (SSSR count). The van der Waals surface area contributed by atoms with Crippen molar-refractivity contribution in [1.29, 1.82) is 0 Å². The number of morpholine rings is 1. The minimum Gasteiger partial charge on any atom is -0.378 e. The predicted molar refractivity (Wildman–Crippen MR) is 114 cm³/mol. The number of anilines is 2. The molecule has 1 aromatic rings. The maximum atomic E-state index is 13.4. The summed E-state index contributed by atoms with van der Waals surface area (Å²) in [4.78, 5) is 6.45. The third-order valence-electron chi connectivity index (χ3n) is 4.94. The minimum atomic E-state index is -4.51. The fourth-order valence-electron chi connectivity index (χ4n) is 3.40. The first-order valence-corrected chi connectivity index (χ1v) is 10.7. The number of benzene rings is 1. The molecule has 0 aliphatic carbocycles. The lowest BCUT2D eigenvalue weighted by molar-refractivity contribution is -0.0865. The summed E-state index contributed by atoms with van der Waals surface area (Å²) < 4.78 is 71.8. The molecule has 31 heavy (non-hydrogen) atoms. The van der Waals surface area contributed by atoms with E-state index in [9.17, 15) is 22.0 Å². The zero-order valence-corrected chi connectivity index (χ0v) is 18.0. The molecule has 0 radical (unpaired) electrons. The van der Waals surface area contributed by atoms with Crippen LogP contribution in [0.25, 0.3) is 0 Å². The van der Waals surface area contributed by atoms with E-state index in [-0.39, 0.29) is 17.5 Å². The lowest BCUT2D eigenvalue weighted by Gasteiger charge is -2.29. The molecule has 1 fully saturated rings. The highest BCUT2D eigenvalue weighted by molar-refractivity contribution is 7.99. The van der Waals surface area contributed by atoms with E-state index in [1.165, 1.54) is 13.0 Å². The summed E-state index contributed by atoms with van der Waals surface area (Å²) in [6.07, 6.45) is -1.32. The number of nitrogens with zero attached hydrogens (tertiary/aromatic N) is 2. The highest BCUT2D eigenvalue weighted by Crippen LogP contribution is 2.37. The van der Waals surface area contributed by atoms with Crippen LogP contribution in [0.3, 0.4) is 0 Å². The van der Waals surface area contributed by atoms with Crippen molar-refractivity contribution in [2.45, 2.75) is 37.1 Å². The van der Waals surface area contributed by atoms with Crippen LogP contribution in [0.5, 0.6) is 0 Å². The third kappa shape index (κ3) is 6.46. The van der Waals surface area contributed by atoms with Crippen molar-refractivity contribution in [2.24, 2.45) is 10.9 Å². The first kappa shape index (κ1) is 23.6. The van der Waals surface area contributed by atoms with E-state index in [1.54, 1.807) is 31.2 Å². The number of allylic oxidation sites excluding steroid dienone is 3. The van der Waals surface area contributed by atoms with Gasteiger partial charge in [0.15, 0.2) is 0 Å². The van der Waals surface area contributed by atoms with Gasteiger partial charge in [-0.05, 0) is 43.5 Å². The summed E-state index contributed by atoms with van der Waals surface area (Å²) in [5.74, 6) is -2.79. The van der Waals surface area contributed by atoms with Crippen molar-refractivity contribution in [1.82, 2.24) is 0 Å². The third-order valence-corrected chi connectivity index (χ3v) is 5.71. The van der Waals surface area contributed by atoms with E-state index in [0.29, 0.717) is 55.1 Å². The highest BCUT2D eigenvalue weighted by atomic mass is 32.2. The number of thioether (sulfide) groups is 1. The molecule has 4 nitrogen and oxygen atoms in total. The molecule has 1 N–H and O–H groups in total. The molecule has 2 heterocycles. The Hall–Kier alpha value is -2.07. The molecule has 0 amide bonds.